The van der Waals surface area contributed by atoms with Crippen LogP contribution in [0.25, 0.3) is 0 Å². The largest absolute Gasteiger partial charge is 0.561 e. The quantitative estimate of drug-likeness (QED) is 0.324. The van der Waals surface area contributed by atoms with Crippen molar-refractivity contribution in [3.8, 4) is 0 Å². The Labute approximate surface area is 146 Å². The van der Waals surface area contributed by atoms with Crippen LogP contribution >= 0.6 is 0 Å². The summed E-state index contributed by atoms with van der Waals surface area (Å²) in [6.45, 7) is 12.7. The molecule has 0 aliphatic rings. The van der Waals surface area contributed by atoms with Gasteiger partial charge in [-0.3, -0.25) is 0 Å². The minimum absolute atomic E-state index is 0.338. The number of nitrogens with zero attached hydrogens (tertiary/aromatic N) is 1. The van der Waals surface area contributed by atoms with E-state index in [1.165, 1.54) is 51.7 Å². The van der Waals surface area contributed by atoms with Crippen LogP contribution < -0.4 is 0 Å². The van der Waals surface area contributed by atoms with Crippen LogP contribution in [0.1, 0.15) is 72.6 Å². The van der Waals surface area contributed by atoms with Gasteiger partial charge in [-0.05, 0) is 19.3 Å². The highest BCUT2D eigenvalue weighted by molar-refractivity contribution is 6.62. The monoisotopic (exact) mass is 348 g/mol. The minimum Gasteiger partial charge on any atom is -0.373 e. The Morgan fingerprint density at radius 2 is 1.17 bits per heavy atom. The second-order valence-corrected chi connectivity index (χ2v) is 9.72. The smallest absolute Gasteiger partial charge is 0.373 e. The summed E-state index contributed by atoms with van der Waals surface area (Å²) in [5.74, 6) is 0. The molecule has 1 unspecified atom stereocenters. The molecule has 0 aromatic heterocycles. The van der Waals surface area contributed by atoms with Gasteiger partial charge in [0.2, 0.25) is 0 Å². The lowest BCUT2D eigenvalue weighted by atomic mass is 10.1. The lowest BCUT2D eigenvalue weighted by molar-refractivity contribution is -0.943. The van der Waals surface area contributed by atoms with E-state index < -0.39 is 8.80 Å². The van der Waals surface area contributed by atoms with Gasteiger partial charge in [0.1, 0.15) is 0 Å². The summed E-state index contributed by atoms with van der Waals surface area (Å²) in [4.78, 5) is 0. The summed E-state index contributed by atoms with van der Waals surface area (Å²) in [6, 6.07) is 0. The maximum Gasteiger partial charge on any atom is 0.561 e. The van der Waals surface area contributed by atoms with Gasteiger partial charge in [0.05, 0.1) is 19.6 Å². The Hall–Kier alpha value is 0.0569. The molecule has 23 heavy (non-hydrogen) atoms. The minimum atomic E-state index is -2.67. The van der Waals surface area contributed by atoms with E-state index in [4.69, 9.17) is 13.3 Å². The van der Waals surface area contributed by atoms with Crippen LogP contribution in [0.3, 0.4) is 0 Å². The summed E-state index contributed by atoms with van der Waals surface area (Å²) in [7, 11) is 2.63. The van der Waals surface area contributed by atoms with Gasteiger partial charge < -0.3 is 17.8 Å². The normalized spacial score (nSPS) is 14.2. The van der Waals surface area contributed by atoms with Crippen molar-refractivity contribution in [1.29, 1.82) is 0 Å². The Bertz CT molecular complexity index is 269. The highest BCUT2D eigenvalue weighted by atomic mass is 28.4. The lowest BCUT2D eigenvalue weighted by Crippen LogP contribution is -2.70. The molecule has 0 rings (SSSR count). The first kappa shape index (κ1) is 23.1. The fourth-order valence-corrected chi connectivity index (χ4v) is 6.93. The van der Waals surface area contributed by atoms with Crippen molar-refractivity contribution in [3.63, 3.8) is 0 Å². The standard InChI is InChI=1S/C18H42NO3Si/c1-8-12-16-19(15-11-4,17-13-9-2)18(14-10-3)23(20-5,21-6)22-7/h18H,8-17H2,1-7H3/q+1. The maximum absolute atomic E-state index is 5.94. The van der Waals surface area contributed by atoms with Crippen molar-refractivity contribution in [1.82, 2.24) is 0 Å². The van der Waals surface area contributed by atoms with Crippen molar-refractivity contribution in [2.75, 3.05) is 41.0 Å². The molecule has 0 saturated carbocycles. The van der Waals surface area contributed by atoms with E-state index >= 15 is 0 Å². The van der Waals surface area contributed by atoms with Crippen LogP contribution in [0.2, 0.25) is 0 Å². The van der Waals surface area contributed by atoms with Crippen LogP contribution in [0.4, 0.5) is 0 Å². The van der Waals surface area contributed by atoms with E-state index in [9.17, 15) is 0 Å². The van der Waals surface area contributed by atoms with E-state index in [1.54, 1.807) is 21.3 Å². The summed E-state index contributed by atoms with van der Waals surface area (Å²) in [5, 5.41) is 0. The molecule has 0 aromatic carbocycles. The Morgan fingerprint density at radius 1 is 0.696 bits per heavy atom. The van der Waals surface area contributed by atoms with Crippen LogP contribution in [0.5, 0.6) is 0 Å². The summed E-state index contributed by atoms with van der Waals surface area (Å²) in [5.41, 5.74) is 0.338. The third-order valence-corrected chi connectivity index (χ3v) is 8.43. The zero-order valence-electron chi connectivity index (χ0n) is 16.8. The molecule has 140 valence electrons. The Morgan fingerprint density at radius 3 is 1.48 bits per heavy atom. The van der Waals surface area contributed by atoms with E-state index in [2.05, 4.69) is 27.7 Å². The first-order valence-electron chi connectivity index (χ1n) is 9.57. The molecule has 0 heterocycles. The number of unbranched alkanes of at least 4 members (excludes halogenated alkanes) is 2. The van der Waals surface area contributed by atoms with Gasteiger partial charge in [-0.25, -0.2) is 0 Å². The van der Waals surface area contributed by atoms with Crippen LogP contribution in [0, 0.1) is 0 Å². The highest BCUT2D eigenvalue weighted by Gasteiger charge is 2.57. The van der Waals surface area contributed by atoms with Crippen molar-refractivity contribution in [2.45, 2.75) is 78.3 Å². The third kappa shape index (κ3) is 6.13. The first-order valence-corrected chi connectivity index (χ1v) is 11.4. The molecule has 0 aliphatic carbocycles. The zero-order valence-corrected chi connectivity index (χ0v) is 17.8. The second-order valence-electron chi connectivity index (χ2n) is 6.62. The summed E-state index contributed by atoms with van der Waals surface area (Å²) >= 11 is 0. The van der Waals surface area contributed by atoms with E-state index in [1.807, 2.05) is 0 Å². The molecule has 0 fully saturated rings. The SMILES string of the molecule is CCCC[N+](CCC)(CCCC)C(CCC)[Si](OC)(OC)OC. The second kappa shape index (κ2) is 12.4. The van der Waals surface area contributed by atoms with Gasteiger partial charge in [0.25, 0.3) is 0 Å². The molecular formula is C18H42NO3Si+. The number of hydrogen-bond donors (Lipinski definition) is 0. The molecule has 1 atom stereocenters. The van der Waals surface area contributed by atoms with Gasteiger partial charge in [-0.15, -0.1) is 0 Å². The molecule has 0 radical (unpaired) electrons. The maximum atomic E-state index is 5.94. The Kier molecular flexibility index (Phi) is 12.5. The predicted octanol–water partition coefficient (Wildman–Crippen LogP) is 4.40. The summed E-state index contributed by atoms with van der Waals surface area (Å²) < 4.78 is 18.9. The molecule has 0 aromatic rings. The Balaban J connectivity index is 5.83. The number of hydrogen-bond acceptors (Lipinski definition) is 3. The number of rotatable bonds is 15. The van der Waals surface area contributed by atoms with Gasteiger partial charge in [0, 0.05) is 27.8 Å². The van der Waals surface area contributed by atoms with Crippen LogP contribution in [0.15, 0.2) is 0 Å². The lowest BCUT2D eigenvalue weighted by Gasteiger charge is -2.49. The third-order valence-electron chi connectivity index (χ3n) is 5.07. The first-order chi connectivity index (χ1) is 11.1. The number of quaternary nitrogens is 1. The zero-order chi connectivity index (χ0) is 17.8. The molecule has 5 heteroatoms. The fourth-order valence-electron chi connectivity index (χ4n) is 3.91. The van der Waals surface area contributed by atoms with Gasteiger partial charge in [0.15, 0.2) is 5.67 Å². The molecule has 0 N–H and O–H groups in total. The van der Waals surface area contributed by atoms with Crippen molar-refractivity contribution < 1.29 is 17.8 Å². The fraction of sp³-hybridized carbons (Fsp3) is 1.00. The molecule has 0 bridgehead atoms. The van der Waals surface area contributed by atoms with Crippen LogP contribution in [-0.2, 0) is 13.3 Å². The van der Waals surface area contributed by atoms with E-state index in [0.717, 1.165) is 17.3 Å². The molecule has 4 nitrogen and oxygen atoms in total. The molecule has 0 amide bonds. The topological polar surface area (TPSA) is 27.7 Å². The van der Waals surface area contributed by atoms with Crippen molar-refractivity contribution in [2.24, 2.45) is 0 Å². The predicted molar refractivity (Wildman–Crippen MR) is 100 cm³/mol. The molecular weight excluding hydrogens is 306 g/mol. The van der Waals surface area contributed by atoms with Crippen molar-refractivity contribution >= 4 is 8.80 Å². The van der Waals surface area contributed by atoms with Gasteiger partial charge >= 0.3 is 8.80 Å². The van der Waals surface area contributed by atoms with Crippen molar-refractivity contribution in [3.05, 3.63) is 0 Å². The van der Waals surface area contributed by atoms with Gasteiger partial charge in [-0.1, -0.05) is 47.0 Å². The van der Waals surface area contributed by atoms with Gasteiger partial charge in [-0.2, -0.15) is 0 Å². The van der Waals surface area contributed by atoms with E-state index in [-0.39, 0.29) is 0 Å². The average Bonchev–Trinajstić information content (AvgIpc) is 2.58. The van der Waals surface area contributed by atoms with E-state index in [0.29, 0.717) is 5.67 Å². The highest BCUT2D eigenvalue weighted by Crippen LogP contribution is 2.30. The molecule has 0 saturated heterocycles. The molecule has 0 aliphatic heterocycles. The average molecular weight is 349 g/mol. The summed E-state index contributed by atoms with van der Waals surface area (Å²) in [6.07, 6.45) is 8.41. The van der Waals surface area contributed by atoms with Crippen LogP contribution in [-0.4, -0.2) is 59.9 Å². The molecule has 0 spiro atoms.